The lowest BCUT2D eigenvalue weighted by Crippen LogP contribution is -2.13. The Balaban J connectivity index is 2.02. The van der Waals surface area contributed by atoms with Gasteiger partial charge in [0.15, 0.2) is 0 Å². The van der Waals surface area contributed by atoms with Crippen LogP contribution in [0.1, 0.15) is 22.7 Å². The minimum Gasteiger partial charge on any atom is -0.508 e. The molecule has 0 bridgehead atoms. The van der Waals surface area contributed by atoms with E-state index in [9.17, 15) is 5.11 Å². The normalized spacial score (nSPS) is 17.5. The van der Waals surface area contributed by atoms with Gasteiger partial charge in [-0.3, -0.25) is 0 Å². The van der Waals surface area contributed by atoms with E-state index in [1.54, 1.807) is 13.2 Å². The number of hydrogen-bond donors (Lipinski definition) is 2. The van der Waals surface area contributed by atoms with Crippen molar-refractivity contribution in [2.24, 2.45) is 0 Å². The van der Waals surface area contributed by atoms with E-state index < -0.39 is 0 Å². The summed E-state index contributed by atoms with van der Waals surface area (Å²) >= 11 is 0. The van der Waals surface area contributed by atoms with Crippen LogP contribution in [0.4, 0.5) is 0 Å². The van der Waals surface area contributed by atoms with Crippen molar-refractivity contribution in [2.45, 2.75) is 12.6 Å². The van der Waals surface area contributed by atoms with Gasteiger partial charge in [-0.2, -0.15) is 0 Å². The Hall–Kier alpha value is -2.00. The van der Waals surface area contributed by atoms with Crippen LogP contribution in [0, 0.1) is 0 Å². The summed E-state index contributed by atoms with van der Waals surface area (Å²) in [6, 6.07) is 13.7. The largest absolute Gasteiger partial charge is 0.508 e. The summed E-state index contributed by atoms with van der Waals surface area (Å²) in [6.45, 7) is 0.831. The monoisotopic (exact) mass is 241 g/mol. The molecule has 2 aromatic carbocycles. The van der Waals surface area contributed by atoms with Crippen molar-refractivity contribution >= 4 is 0 Å². The summed E-state index contributed by atoms with van der Waals surface area (Å²) in [4.78, 5) is 0. The van der Waals surface area contributed by atoms with Crippen LogP contribution in [0.3, 0.4) is 0 Å². The maximum absolute atomic E-state index is 9.61. The molecule has 0 saturated carbocycles. The molecule has 2 aromatic rings. The van der Waals surface area contributed by atoms with Crippen molar-refractivity contribution in [1.82, 2.24) is 5.32 Å². The van der Waals surface area contributed by atoms with Crippen LogP contribution < -0.4 is 10.1 Å². The van der Waals surface area contributed by atoms with Crippen LogP contribution in [0.2, 0.25) is 0 Å². The first-order valence-electron chi connectivity index (χ1n) is 5.97. The molecular formula is C15H15NO2. The Morgan fingerprint density at radius 3 is 2.94 bits per heavy atom. The summed E-state index contributed by atoms with van der Waals surface area (Å²) in [5, 5.41) is 13.1. The number of fused-ring (bicyclic) bond motifs is 1. The Labute approximate surface area is 106 Å². The zero-order valence-corrected chi connectivity index (χ0v) is 10.2. The summed E-state index contributed by atoms with van der Waals surface area (Å²) in [6.07, 6.45) is 0. The molecule has 1 heterocycles. The molecule has 0 aliphatic carbocycles. The Morgan fingerprint density at radius 2 is 2.11 bits per heavy atom. The fraction of sp³-hybridized carbons (Fsp3) is 0.200. The van der Waals surface area contributed by atoms with Gasteiger partial charge >= 0.3 is 0 Å². The van der Waals surface area contributed by atoms with Gasteiger partial charge in [-0.1, -0.05) is 18.2 Å². The molecule has 0 radical (unpaired) electrons. The van der Waals surface area contributed by atoms with Crippen LogP contribution in [-0.4, -0.2) is 12.2 Å². The number of phenols is 1. The Kier molecular flexibility index (Phi) is 2.68. The fourth-order valence-corrected chi connectivity index (χ4v) is 2.45. The summed E-state index contributed by atoms with van der Waals surface area (Å²) in [5.41, 5.74) is 3.53. The molecule has 0 fully saturated rings. The van der Waals surface area contributed by atoms with Crippen LogP contribution in [0.15, 0.2) is 42.5 Å². The van der Waals surface area contributed by atoms with E-state index in [1.807, 2.05) is 30.3 Å². The highest BCUT2D eigenvalue weighted by Crippen LogP contribution is 2.34. The number of rotatable bonds is 2. The smallest absolute Gasteiger partial charge is 0.119 e. The molecule has 1 aliphatic rings. The van der Waals surface area contributed by atoms with E-state index in [0.717, 1.165) is 23.4 Å². The zero-order chi connectivity index (χ0) is 12.5. The van der Waals surface area contributed by atoms with Crippen molar-refractivity contribution in [3.63, 3.8) is 0 Å². The highest BCUT2D eigenvalue weighted by Gasteiger charge is 2.23. The highest BCUT2D eigenvalue weighted by molar-refractivity contribution is 5.46. The molecule has 0 saturated heterocycles. The van der Waals surface area contributed by atoms with Crippen LogP contribution in [0.5, 0.6) is 11.5 Å². The number of aromatic hydroxyl groups is 1. The maximum Gasteiger partial charge on any atom is 0.119 e. The number of nitrogens with one attached hydrogen (secondary N) is 1. The first kappa shape index (κ1) is 11.1. The van der Waals surface area contributed by atoms with Gasteiger partial charge in [0, 0.05) is 6.54 Å². The predicted molar refractivity (Wildman–Crippen MR) is 69.8 cm³/mol. The van der Waals surface area contributed by atoms with E-state index in [-0.39, 0.29) is 6.04 Å². The molecule has 92 valence electrons. The van der Waals surface area contributed by atoms with Gasteiger partial charge in [0.1, 0.15) is 11.5 Å². The molecule has 1 aliphatic heterocycles. The van der Waals surface area contributed by atoms with Gasteiger partial charge in [-0.15, -0.1) is 0 Å². The third-order valence-corrected chi connectivity index (χ3v) is 3.36. The van der Waals surface area contributed by atoms with Gasteiger partial charge in [-0.05, 0) is 41.0 Å². The molecule has 3 nitrogen and oxygen atoms in total. The second-order valence-corrected chi connectivity index (χ2v) is 4.47. The number of ether oxygens (including phenoxy) is 1. The van der Waals surface area contributed by atoms with E-state index in [1.165, 1.54) is 5.56 Å². The van der Waals surface area contributed by atoms with E-state index in [4.69, 9.17) is 4.74 Å². The number of hydrogen-bond acceptors (Lipinski definition) is 3. The fourth-order valence-electron chi connectivity index (χ4n) is 2.45. The average molecular weight is 241 g/mol. The lowest BCUT2D eigenvalue weighted by atomic mass is 9.98. The molecule has 0 aromatic heterocycles. The SMILES string of the molecule is COc1cccc(C2NCc3ccc(O)cc32)c1. The van der Waals surface area contributed by atoms with Gasteiger partial charge < -0.3 is 15.2 Å². The van der Waals surface area contributed by atoms with E-state index in [2.05, 4.69) is 11.4 Å². The minimum absolute atomic E-state index is 0.127. The lowest BCUT2D eigenvalue weighted by Gasteiger charge is -2.14. The topological polar surface area (TPSA) is 41.5 Å². The van der Waals surface area contributed by atoms with Gasteiger partial charge in [0.25, 0.3) is 0 Å². The molecule has 1 unspecified atom stereocenters. The number of methoxy groups -OCH3 is 1. The predicted octanol–water partition coefficient (Wildman–Crippen LogP) is 2.59. The molecule has 2 N–H and O–H groups in total. The number of benzene rings is 2. The molecule has 18 heavy (non-hydrogen) atoms. The molecule has 0 spiro atoms. The first-order valence-corrected chi connectivity index (χ1v) is 5.97. The Bertz CT molecular complexity index is 580. The summed E-state index contributed by atoms with van der Waals surface area (Å²) in [7, 11) is 1.67. The van der Waals surface area contributed by atoms with Crippen LogP contribution in [0.25, 0.3) is 0 Å². The second-order valence-electron chi connectivity index (χ2n) is 4.47. The maximum atomic E-state index is 9.61. The minimum atomic E-state index is 0.127. The van der Waals surface area contributed by atoms with Crippen molar-refractivity contribution in [2.75, 3.05) is 7.11 Å². The van der Waals surface area contributed by atoms with Crippen molar-refractivity contribution in [3.05, 3.63) is 59.2 Å². The second kappa shape index (κ2) is 4.35. The highest BCUT2D eigenvalue weighted by atomic mass is 16.5. The van der Waals surface area contributed by atoms with Crippen molar-refractivity contribution < 1.29 is 9.84 Å². The molecule has 3 heteroatoms. The van der Waals surface area contributed by atoms with Crippen LogP contribution >= 0.6 is 0 Å². The van der Waals surface area contributed by atoms with E-state index >= 15 is 0 Å². The van der Waals surface area contributed by atoms with Gasteiger partial charge in [-0.25, -0.2) is 0 Å². The Morgan fingerprint density at radius 1 is 1.22 bits per heavy atom. The van der Waals surface area contributed by atoms with Gasteiger partial charge in [0.05, 0.1) is 13.2 Å². The lowest BCUT2D eigenvalue weighted by molar-refractivity contribution is 0.414. The van der Waals surface area contributed by atoms with Crippen molar-refractivity contribution in [3.8, 4) is 11.5 Å². The zero-order valence-electron chi connectivity index (χ0n) is 10.2. The first-order chi connectivity index (χ1) is 8.78. The standard InChI is InChI=1S/C15H15NO2/c1-18-13-4-2-3-10(7-13)15-14-8-12(17)6-5-11(14)9-16-15/h2-8,15-17H,9H2,1H3. The van der Waals surface area contributed by atoms with Gasteiger partial charge in [0.2, 0.25) is 0 Å². The average Bonchev–Trinajstić information content (AvgIpc) is 2.81. The molecular weight excluding hydrogens is 226 g/mol. The quantitative estimate of drug-likeness (QED) is 0.849. The number of phenolic OH excluding ortho intramolecular Hbond substituents is 1. The molecule has 3 rings (SSSR count). The molecule has 1 atom stereocenters. The van der Waals surface area contributed by atoms with Crippen molar-refractivity contribution in [1.29, 1.82) is 0 Å². The summed E-state index contributed by atoms with van der Waals surface area (Å²) < 4.78 is 5.25. The summed E-state index contributed by atoms with van der Waals surface area (Å²) in [5.74, 6) is 1.16. The molecule has 0 amide bonds. The van der Waals surface area contributed by atoms with E-state index in [0.29, 0.717) is 5.75 Å². The third-order valence-electron chi connectivity index (χ3n) is 3.36. The third kappa shape index (κ3) is 1.83. The van der Waals surface area contributed by atoms with Crippen LogP contribution in [-0.2, 0) is 6.54 Å².